The lowest BCUT2D eigenvalue weighted by Gasteiger charge is -2.04. The summed E-state index contributed by atoms with van der Waals surface area (Å²) in [5, 5.41) is 3.07. The third kappa shape index (κ3) is 5.49. The molecule has 0 aromatic carbocycles. The van der Waals surface area contributed by atoms with Crippen LogP contribution in [0, 0.1) is 6.92 Å². The average Bonchev–Trinajstić information content (AvgIpc) is 2.11. The molecule has 0 aliphatic carbocycles. The molecule has 0 saturated heterocycles. The molecule has 0 radical (unpaired) electrons. The van der Waals surface area contributed by atoms with Crippen molar-refractivity contribution in [2.24, 2.45) is 0 Å². The van der Waals surface area contributed by atoms with Gasteiger partial charge in [0.25, 0.3) is 0 Å². The molecule has 0 aliphatic rings. The van der Waals surface area contributed by atoms with Crippen LogP contribution >= 0.6 is 0 Å². The van der Waals surface area contributed by atoms with E-state index in [-0.39, 0.29) is 5.75 Å². The van der Waals surface area contributed by atoms with Gasteiger partial charge in [-0.25, -0.2) is 8.42 Å². The highest BCUT2D eigenvalue weighted by Crippen LogP contribution is 2.00. The van der Waals surface area contributed by atoms with E-state index < -0.39 is 9.84 Å². The molecule has 0 fully saturated rings. The zero-order valence-electron chi connectivity index (χ0n) is 9.03. The number of hydrogen-bond donors (Lipinski definition) is 1. The summed E-state index contributed by atoms with van der Waals surface area (Å²) >= 11 is 0. The Balaban J connectivity index is 2.32. The molecule has 0 amide bonds. The Hall–Kier alpha value is -0.940. The summed E-state index contributed by atoms with van der Waals surface area (Å²) in [5.41, 5.74) is 2.18. The van der Waals surface area contributed by atoms with Crippen molar-refractivity contribution in [3.05, 3.63) is 29.6 Å². The van der Waals surface area contributed by atoms with Gasteiger partial charge in [0.15, 0.2) is 0 Å². The van der Waals surface area contributed by atoms with E-state index >= 15 is 0 Å². The van der Waals surface area contributed by atoms with Crippen molar-refractivity contribution in [3.63, 3.8) is 0 Å². The number of nitrogens with zero attached hydrogens (tertiary/aromatic N) is 1. The first-order chi connectivity index (χ1) is 6.97. The highest BCUT2D eigenvalue weighted by molar-refractivity contribution is 7.90. The molecule has 1 N–H and O–H groups in total. The van der Waals surface area contributed by atoms with Crippen molar-refractivity contribution in [2.45, 2.75) is 13.5 Å². The lowest BCUT2D eigenvalue weighted by atomic mass is 10.2. The van der Waals surface area contributed by atoms with Crippen LogP contribution in [-0.4, -0.2) is 32.0 Å². The lowest BCUT2D eigenvalue weighted by molar-refractivity contribution is 0.596. The topological polar surface area (TPSA) is 59.1 Å². The number of nitrogens with one attached hydrogen (secondary N) is 1. The zero-order valence-corrected chi connectivity index (χ0v) is 9.84. The standard InChI is InChI=1S/C10H16N2O2S/c1-9-5-10(8-12-6-9)7-11-3-4-15(2,13)14/h5-6,8,11H,3-4,7H2,1-2H3. The molecular formula is C10H16N2O2S. The molecular weight excluding hydrogens is 212 g/mol. The van der Waals surface area contributed by atoms with Crippen LogP contribution in [0.5, 0.6) is 0 Å². The predicted molar refractivity (Wildman–Crippen MR) is 60.4 cm³/mol. The van der Waals surface area contributed by atoms with E-state index in [0.29, 0.717) is 13.1 Å². The van der Waals surface area contributed by atoms with Gasteiger partial charge in [-0.15, -0.1) is 0 Å². The fraction of sp³-hybridized carbons (Fsp3) is 0.500. The minimum Gasteiger partial charge on any atom is -0.312 e. The van der Waals surface area contributed by atoms with Crippen LogP contribution < -0.4 is 5.32 Å². The lowest BCUT2D eigenvalue weighted by Crippen LogP contribution is -2.22. The molecule has 15 heavy (non-hydrogen) atoms. The summed E-state index contributed by atoms with van der Waals surface area (Å²) in [4.78, 5) is 4.05. The van der Waals surface area contributed by atoms with Gasteiger partial charge in [-0.05, 0) is 18.1 Å². The monoisotopic (exact) mass is 228 g/mol. The van der Waals surface area contributed by atoms with E-state index in [1.165, 1.54) is 6.26 Å². The molecule has 1 aromatic heterocycles. The normalized spacial score (nSPS) is 11.6. The maximum atomic E-state index is 10.8. The Bertz CT molecular complexity index is 415. The fourth-order valence-corrected chi connectivity index (χ4v) is 1.72. The minimum atomic E-state index is -2.86. The number of pyridine rings is 1. The first-order valence-corrected chi connectivity index (χ1v) is 6.82. The predicted octanol–water partition coefficient (Wildman–Crippen LogP) is 0.524. The molecule has 5 heteroatoms. The van der Waals surface area contributed by atoms with Crippen LogP contribution in [0.25, 0.3) is 0 Å². The Morgan fingerprint density at radius 3 is 2.73 bits per heavy atom. The van der Waals surface area contributed by atoms with E-state index in [1.807, 2.05) is 13.0 Å². The maximum absolute atomic E-state index is 10.8. The van der Waals surface area contributed by atoms with Crippen LogP contribution in [-0.2, 0) is 16.4 Å². The van der Waals surface area contributed by atoms with E-state index in [0.717, 1.165) is 11.1 Å². The smallest absolute Gasteiger partial charge is 0.148 e. The van der Waals surface area contributed by atoms with Crippen molar-refractivity contribution in [2.75, 3.05) is 18.6 Å². The summed E-state index contributed by atoms with van der Waals surface area (Å²) in [6, 6.07) is 2.03. The second-order valence-electron chi connectivity index (χ2n) is 3.68. The molecule has 1 heterocycles. The van der Waals surface area contributed by atoms with Crippen LogP contribution in [0.4, 0.5) is 0 Å². The van der Waals surface area contributed by atoms with Crippen LogP contribution in [0.3, 0.4) is 0 Å². The van der Waals surface area contributed by atoms with E-state index in [2.05, 4.69) is 10.3 Å². The van der Waals surface area contributed by atoms with E-state index in [1.54, 1.807) is 12.4 Å². The highest BCUT2D eigenvalue weighted by atomic mass is 32.2. The van der Waals surface area contributed by atoms with Gasteiger partial charge in [0.2, 0.25) is 0 Å². The number of aromatic nitrogens is 1. The summed E-state index contributed by atoms with van der Waals surface area (Å²) < 4.78 is 21.7. The Morgan fingerprint density at radius 2 is 2.13 bits per heavy atom. The van der Waals surface area contributed by atoms with Gasteiger partial charge in [0.05, 0.1) is 5.75 Å². The molecule has 0 bridgehead atoms. The van der Waals surface area contributed by atoms with Crippen molar-refractivity contribution < 1.29 is 8.42 Å². The second-order valence-corrected chi connectivity index (χ2v) is 5.94. The summed E-state index contributed by atoms with van der Waals surface area (Å²) in [5.74, 6) is 0.173. The molecule has 1 aromatic rings. The largest absolute Gasteiger partial charge is 0.312 e. The SMILES string of the molecule is Cc1cncc(CNCCS(C)(=O)=O)c1. The van der Waals surface area contributed by atoms with Gasteiger partial charge >= 0.3 is 0 Å². The first-order valence-electron chi connectivity index (χ1n) is 4.76. The van der Waals surface area contributed by atoms with Crippen molar-refractivity contribution in [1.82, 2.24) is 10.3 Å². The van der Waals surface area contributed by atoms with Crippen LogP contribution in [0.2, 0.25) is 0 Å². The average molecular weight is 228 g/mol. The molecule has 84 valence electrons. The van der Waals surface area contributed by atoms with Crippen molar-refractivity contribution >= 4 is 9.84 Å². The maximum Gasteiger partial charge on any atom is 0.148 e. The second kappa shape index (κ2) is 5.23. The van der Waals surface area contributed by atoms with Gasteiger partial charge in [0.1, 0.15) is 9.84 Å². The molecule has 0 saturated carbocycles. The number of aryl methyl sites for hydroxylation is 1. The van der Waals surface area contributed by atoms with Gasteiger partial charge < -0.3 is 5.32 Å². The molecule has 0 unspecified atom stereocenters. The number of hydrogen-bond acceptors (Lipinski definition) is 4. The van der Waals surface area contributed by atoms with Gasteiger partial charge in [-0.2, -0.15) is 0 Å². The molecule has 0 aliphatic heterocycles. The summed E-state index contributed by atoms with van der Waals surface area (Å²) in [6.07, 6.45) is 4.81. The van der Waals surface area contributed by atoms with Gasteiger partial charge in [-0.3, -0.25) is 4.98 Å². The molecule has 0 atom stereocenters. The minimum absolute atomic E-state index is 0.173. The van der Waals surface area contributed by atoms with Gasteiger partial charge in [0, 0.05) is 31.7 Å². The highest BCUT2D eigenvalue weighted by Gasteiger charge is 2.00. The summed E-state index contributed by atoms with van der Waals surface area (Å²) in [7, 11) is -2.86. The Labute approximate surface area is 90.7 Å². The molecule has 4 nitrogen and oxygen atoms in total. The Morgan fingerprint density at radius 1 is 1.40 bits per heavy atom. The fourth-order valence-electron chi connectivity index (χ4n) is 1.20. The third-order valence-electron chi connectivity index (χ3n) is 1.91. The van der Waals surface area contributed by atoms with E-state index in [9.17, 15) is 8.42 Å². The zero-order chi connectivity index (χ0) is 11.3. The van der Waals surface area contributed by atoms with Crippen LogP contribution in [0.1, 0.15) is 11.1 Å². The molecule has 1 rings (SSSR count). The Kier molecular flexibility index (Phi) is 4.23. The molecule has 0 spiro atoms. The summed E-state index contributed by atoms with van der Waals surface area (Å²) in [6.45, 7) is 3.12. The first kappa shape index (κ1) is 12.1. The number of rotatable bonds is 5. The van der Waals surface area contributed by atoms with Crippen molar-refractivity contribution in [1.29, 1.82) is 0 Å². The third-order valence-corrected chi connectivity index (χ3v) is 2.86. The van der Waals surface area contributed by atoms with Crippen LogP contribution in [0.15, 0.2) is 18.5 Å². The van der Waals surface area contributed by atoms with E-state index in [4.69, 9.17) is 0 Å². The quantitative estimate of drug-likeness (QED) is 0.747. The van der Waals surface area contributed by atoms with Crippen molar-refractivity contribution in [3.8, 4) is 0 Å². The number of sulfone groups is 1. The van der Waals surface area contributed by atoms with Gasteiger partial charge in [-0.1, -0.05) is 6.07 Å².